The maximum Gasteiger partial charge on any atom is 0.146 e. The van der Waals surface area contributed by atoms with Crippen LogP contribution in [-0.4, -0.2) is 0 Å². The number of rotatable bonds is 3. The molecule has 0 radical (unpaired) electrons. The maximum atomic E-state index is 13.8. The number of anilines is 2. The SMILES string of the molecule is Cc1ccc(Cl)cc1Nc1ccc(CN)cc1F. The Hall–Kier alpha value is -1.58. The summed E-state index contributed by atoms with van der Waals surface area (Å²) in [5, 5.41) is 3.65. The van der Waals surface area contributed by atoms with Crippen LogP contribution < -0.4 is 11.1 Å². The Labute approximate surface area is 111 Å². The van der Waals surface area contributed by atoms with Gasteiger partial charge in [-0.15, -0.1) is 0 Å². The molecule has 0 aliphatic heterocycles. The van der Waals surface area contributed by atoms with Crippen molar-refractivity contribution in [3.8, 4) is 0 Å². The van der Waals surface area contributed by atoms with Gasteiger partial charge in [-0.1, -0.05) is 23.7 Å². The molecule has 2 rings (SSSR count). The molecule has 94 valence electrons. The molecule has 0 spiro atoms. The fourth-order valence-corrected chi connectivity index (χ4v) is 1.83. The van der Waals surface area contributed by atoms with Gasteiger partial charge in [-0.25, -0.2) is 4.39 Å². The molecular weight excluding hydrogens is 251 g/mol. The molecule has 0 saturated carbocycles. The van der Waals surface area contributed by atoms with Gasteiger partial charge in [-0.2, -0.15) is 0 Å². The average Bonchev–Trinajstić information content (AvgIpc) is 2.36. The smallest absolute Gasteiger partial charge is 0.146 e. The number of aryl methyl sites for hydroxylation is 1. The fourth-order valence-electron chi connectivity index (χ4n) is 1.66. The zero-order valence-corrected chi connectivity index (χ0v) is 10.8. The number of hydrogen-bond donors (Lipinski definition) is 2. The predicted octanol–water partition coefficient (Wildman–Crippen LogP) is 3.99. The Balaban J connectivity index is 2.31. The average molecular weight is 265 g/mol. The summed E-state index contributed by atoms with van der Waals surface area (Å²) in [6, 6.07) is 10.4. The second-order valence-corrected chi connectivity index (χ2v) is 4.54. The third-order valence-electron chi connectivity index (χ3n) is 2.74. The van der Waals surface area contributed by atoms with Crippen LogP contribution in [0.5, 0.6) is 0 Å². The van der Waals surface area contributed by atoms with Gasteiger partial charge in [-0.05, 0) is 42.3 Å². The van der Waals surface area contributed by atoms with Crippen molar-refractivity contribution in [3.63, 3.8) is 0 Å². The Morgan fingerprint density at radius 1 is 1.17 bits per heavy atom. The highest BCUT2D eigenvalue weighted by Crippen LogP contribution is 2.26. The van der Waals surface area contributed by atoms with Gasteiger partial charge in [0.2, 0.25) is 0 Å². The van der Waals surface area contributed by atoms with Crippen molar-refractivity contribution in [3.05, 3.63) is 58.4 Å². The molecule has 0 aliphatic carbocycles. The summed E-state index contributed by atoms with van der Waals surface area (Å²) >= 11 is 5.92. The number of hydrogen-bond acceptors (Lipinski definition) is 2. The Morgan fingerprint density at radius 3 is 2.61 bits per heavy atom. The Bertz CT molecular complexity index is 570. The number of benzene rings is 2. The highest BCUT2D eigenvalue weighted by Gasteiger charge is 2.05. The van der Waals surface area contributed by atoms with Crippen molar-refractivity contribution in [1.29, 1.82) is 0 Å². The summed E-state index contributed by atoms with van der Waals surface area (Å²) in [4.78, 5) is 0. The first-order valence-electron chi connectivity index (χ1n) is 5.62. The van der Waals surface area contributed by atoms with Crippen LogP contribution in [0.15, 0.2) is 36.4 Å². The number of nitrogens with one attached hydrogen (secondary N) is 1. The fraction of sp³-hybridized carbons (Fsp3) is 0.143. The highest BCUT2D eigenvalue weighted by atomic mass is 35.5. The lowest BCUT2D eigenvalue weighted by atomic mass is 10.1. The summed E-state index contributed by atoms with van der Waals surface area (Å²) in [6.45, 7) is 2.26. The van der Waals surface area contributed by atoms with E-state index >= 15 is 0 Å². The molecule has 2 aromatic rings. The van der Waals surface area contributed by atoms with Crippen LogP contribution in [0.4, 0.5) is 15.8 Å². The summed E-state index contributed by atoms with van der Waals surface area (Å²) in [6.07, 6.45) is 0. The molecule has 0 aromatic heterocycles. The van der Waals surface area contributed by atoms with Crippen molar-refractivity contribution in [2.24, 2.45) is 5.73 Å². The van der Waals surface area contributed by atoms with E-state index in [2.05, 4.69) is 5.32 Å². The van der Waals surface area contributed by atoms with Crippen LogP contribution >= 0.6 is 11.6 Å². The van der Waals surface area contributed by atoms with E-state index in [1.165, 1.54) is 6.07 Å². The minimum absolute atomic E-state index is 0.322. The normalized spacial score (nSPS) is 10.4. The summed E-state index contributed by atoms with van der Waals surface area (Å²) in [5.41, 5.74) is 8.43. The van der Waals surface area contributed by atoms with E-state index in [1.54, 1.807) is 24.3 Å². The largest absolute Gasteiger partial charge is 0.353 e. The van der Waals surface area contributed by atoms with Crippen molar-refractivity contribution in [2.45, 2.75) is 13.5 Å². The van der Waals surface area contributed by atoms with Crippen LogP contribution in [0, 0.1) is 12.7 Å². The van der Waals surface area contributed by atoms with E-state index < -0.39 is 0 Å². The van der Waals surface area contributed by atoms with Gasteiger partial charge in [0.1, 0.15) is 5.82 Å². The van der Waals surface area contributed by atoms with E-state index in [-0.39, 0.29) is 5.82 Å². The van der Waals surface area contributed by atoms with E-state index in [0.717, 1.165) is 16.8 Å². The quantitative estimate of drug-likeness (QED) is 0.880. The van der Waals surface area contributed by atoms with Gasteiger partial charge in [0, 0.05) is 17.3 Å². The van der Waals surface area contributed by atoms with Gasteiger partial charge in [0.15, 0.2) is 0 Å². The van der Waals surface area contributed by atoms with Gasteiger partial charge in [0.25, 0.3) is 0 Å². The van der Waals surface area contributed by atoms with Crippen molar-refractivity contribution in [1.82, 2.24) is 0 Å². The number of nitrogens with two attached hydrogens (primary N) is 1. The molecule has 0 atom stereocenters. The van der Waals surface area contributed by atoms with Gasteiger partial charge in [0.05, 0.1) is 5.69 Å². The minimum atomic E-state index is -0.322. The first-order chi connectivity index (χ1) is 8.60. The third kappa shape index (κ3) is 2.81. The van der Waals surface area contributed by atoms with Crippen LogP contribution in [0.2, 0.25) is 5.02 Å². The van der Waals surface area contributed by atoms with Crippen LogP contribution in [0.3, 0.4) is 0 Å². The summed E-state index contributed by atoms with van der Waals surface area (Å²) in [7, 11) is 0. The minimum Gasteiger partial charge on any atom is -0.353 e. The molecule has 0 fully saturated rings. The summed E-state index contributed by atoms with van der Waals surface area (Å²) in [5.74, 6) is -0.322. The van der Waals surface area contributed by atoms with Crippen molar-refractivity contribution in [2.75, 3.05) is 5.32 Å². The molecule has 2 nitrogen and oxygen atoms in total. The first kappa shape index (κ1) is 12.9. The highest BCUT2D eigenvalue weighted by molar-refractivity contribution is 6.30. The molecule has 3 N–H and O–H groups in total. The molecule has 0 bridgehead atoms. The Morgan fingerprint density at radius 2 is 1.94 bits per heavy atom. The van der Waals surface area contributed by atoms with Crippen molar-refractivity contribution < 1.29 is 4.39 Å². The second kappa shape index (κ2) is 5.38. The van der Waals surface area contributed by atoms with E-state index in [4.69, 9.17) is 17.3 Å². The lowest BCUT2D eigenvalue weighted by molar-refractivity contribution is 0.629. The summed E-state index contributed by atoms with van der Waals surface area (Å²) < 4.78 is 13.8. The van der Waals surface area contributed by atoms with Gasteiger partial charge >= 0.3 is 0 Å². The molecule has 0 unspecified atom stereocenters. The Kier molecular flexibility index (Phi) is 3.84. The van der Waals surface area contributed by atoms with Crippen LogP contribution in [0.25, 0.3) is 0 Å². The van der Waals surface area contributed by atoms with Gasteiger partial charge < -0.3 is 11.1 Å². The molecule has 0 saturated heterocycles. The lowest BCUT2D eigenvalue weighted by Crippen LogP contribution is -2.00. The van der Waals surface area contributed by atoms with Gasteiger partial charge in [-0.3, -0.25) is 0 Å². The molecule has 18 heavy (non-hydrogen) atoms. The zero-order valence-electron chi connectivity index (χ0n) is 10.0. The molecule has 2 aromatic carbocycles. The second-order valence-electron chi connectivity index (χ2n) is 4.10. The maximum absolute atomic E-state index is 13.8. The molecule has 0 amide bonds. The molecular formula is C14H14ClFN2. The predicted molar refractivity (Wildman–Crippen MR) is 73.8 cm³/mol. The standard InChI is InChI=1S/C14H14ClFN2/c1-9-2-4-11(15)7-14(9)18-13-5-3-10(8-17)6-12(13)16/h2-7,18H,8,17H2,1H3. The zero-order chi connectivity index (χ0) is 13.1. The topological polar surface area (TPSA) is 38.0 Å². The van der Waals surface area contributed by atoms with E-state index in [0.29, 0.717) is 17.3 Å². The molecule has 0 aliphatic rings. The first-order valence-corrected chi connectivity index (χ1v) is 5.99. The van der Waals surface area contributed by atoms with E-state index in [1.807, 2.05) is 13.0 Å². The van der Waals surface area contributed by atoms with Crippen molar-refractivity contribution >= 4 is 23.0 Å². The van der Waals surface area contributed by atoms with Crippen LogP contribution in [0.1, 0.15) is 11.1 Å². The van der Waals surface area contributed by atoms with Crippen LogP contribution in [-0.2, 0) is 6.54 Å². The third-order valence-corrected chi connectivity index (χ3v) is 2.97. The number of halogens is 2. The molecule has 0 heterocycles. The lowest BCUT2D eigenvalue weighted by Gasteiger charge is -2.11. The molecule has 4 heteroatoms. The monoisotopic (exact) mass is 264 g/mol. The van der Waals surface area contributed by atoms with E-state index in [9.17, 15) is 4.39 Å².